The maximum Gasteiger partial charge on any atom is 0.0901 e. The predicted molar refractivity (Wildman–Crippen MR) is 84.3 cm³/mol. The first-order valence-electron chi connectivity index (χ1n) is 9.22. The molecule has 3 fully saturated rings. The summed E-state index contributed by atoms with van der Waals surface area (Å²) in [6.07, 6.45) is 11.7. The van der Waals surface area contributed by atoms with Crippen LogP contribution in [0.25, 0.3) is 0 Å². The van der Waals surface area contributed by atoms with E-state index >= 15 is 0 Å². The van der Waals surface area contributed by atoms with Crippen LogP contribution in [-0.2, 0) is 0 Å². The van der Waals surface area contributed by atoms with Gasteiger partial charge in [0.15, 0.2) is 0 Å². The third kappa shape index (κ3) is 4.19. The van der Waals surface area contributed by atoms with Crippen LogP contribution in [0.5, 0.6) is 0 Å². The standard InChI is InChI=1S/C17H33N3/c1-2-6-10-18(9-5-1)11-12-19-13-15-20(16-14-19)17-7-3-4-8-17/h17H,1-16H2/p+1. The second kappa shape index (κ2) is 7.77. The Morgan fingerprint density at radius 3 is 2.05 bits per heavy atom. The fourth-order valence-electron chi connectivity index (χ4n) is 4.40. The lowest BCUT2D eigenvalue weighted by molar-refractivity contribution is -0.904. The van der Waals surface area contributed by atoms with E-state index in [1.165, 1.54) is 104 Å². The molecule has 2 heterocycles. The second-order valence-electron chi connectivity index (χ2n) is 7.23. The molecule has 0 atom stereocenters. The number of nitrogens with one attached hydrogen (secondary N) is 1. The van der Waals surface area contributed by atoms with Gasteiger partial charge in [-0.3, -0.25) is 9.80 Å². The third-order valence-corrected chi connectivity index (χ3v) is 5.83. The lowest BCUT2D eigenvalue weighted by atomic mass is 10.2. The molecule has 20 heavy (non-hydrogen) atoms. The van der Waals surface area contributed by atoms with E-state index in [0.717, 1.165) is 6.04 Å². The summed E-state index contributed by atoms with van der Waals surface area (Å²) in [7, 11) is 0. The second-order valence-corrected chi connectivity index (χ2v) is 7.23. The smallest absolute Gasteiger partial charge is 0.0901 e. The molecule has 2 aliphatic heterocycles. The zero-order valence-corrected chi connectivity index (χ0v) is 13.3. The molecule has 3 rings (SSSR count). The van der Waals surface area contributed by atoms with Crippen molar-refractivity contribution in [3.05, 3.63) is 0 Å². The van der Waals surface area contributed by atoms with Gasteiger partial charge in [0.05, 0.1) is 19.6 Å². The molecule has 0 spiro atoms. The van der Waals surface area contributed by atoms with E-state index in [2.05, 4.69) is 9.80 Å². The number of hydrogen-bond donors (Lipinski definition) is 1. The molecule has 1 saturated carbocycles. The maximum atomic E-state index is 2.79. The van der Waals surface area contributed by atoms with Gasteiger partial charge in [-0.25, -0.2) is 0 Å². The summed E-state index contributed by atoms with van der Waals surface area (Å²) >= 11 is 0. The summed E-state index contributed by atoms with van der Waals surface area (Å²) in [5.74, 6) is 0. The Balaban J connectivity index is 1.33. The summed E-state index contributed by atoms with van der Waals surface area (Å²) in [6.45, 7) is 11.0. The molecule has 3 heteroatoms. The van der Waals surface area contributed by atoms with Crippen LogP contribution in [-0.4, -0.2) is 68.2 Å². The van der Waals surface area contributed by atoms with Crippen LogP contribution in [0, 0.1) is 0 Å². The average Bonchev–Trinajstić information content (AvgIpc) is 2.90. The minimum Gasteiger partial charge on any atom is -0.332 e. The summed E-state index contributed by atoms with van der Waals surface area (Å²) in [5.41, 5.74) is 0. The molecule has 3 aliphatic rings. The quantitative estimate of drug-likeness (QED) is 0.824. The van der Waals surface area contributed by atoms with Gasteiger partial charge in [-0.15, -0.1) is 0 Å². The van der Waals surface area contributed by atoms with Gasteiger partial charge >= 0.3 is 0 Å². The van der Waals surface area contributed by atoms with Crippen molar-refractivity contribution in [1.29, 1.82) is 0 Å². The van der Waals surface area contributed by atoms with Gasteiger partial charge in [-0.05, 0) is 38.8 Å². The van der Waals surface area contributed by atoms with E-state index in [9.17, 15) is 0 Å². The maximum absolute atomic E-state index is 2.79. The molecule has 2 saturated heterocycles. The van der Waals surface area contributed by atoms with Crippen molar-refractivity contribution in [2.24, 2.45) is 0 Å². The molecule has 0 aromatic carbocycles. The minimum absolute atomic E-state index is 0.946. The van der Waals surface area contributed by atoms with Gasteiger partial charge in [-0.2, -0.15) is 0 Å². The largest absolute Gasteiger partial charge is 0.332 e. The van der Waals surface area contributed by atoms with Crippen molar-refractivity contribution in [1.82, 2.24) is 9.80 Å². The number of nitrogens with zero attached hydrogens (tertiary/aromatic N) is 2. The molecular weight excluding hydrogens is 246 g/mol. The van der Waals surface area contributed by atoms with E-state index in [1.807, 2.05) is 4.90 Å². The Kier molecular flexibility index (Phi) is 5.75. The van der Waals surface area contributed by atoms with Crippen LogP contribution >= 0.6 is 0 Å². The van der Waals surface area contributed by atoms with Crippen LogP contribution in [0.1, 0.15) is 51.4 Å². The molecule has 1 N–H and O–H groups in total. The number of likely N-dealkylation sites (tertiary alicyclic amines) is 1. The van der Waals surface area contributed by atoms with Gasteiger partial charge in [0.2, 0.25) is 0 Å². The molecule has 1 aliphatic carbocycles. The summed E-state index contributed by atoms with van der Waals surface area (Å²) in [4.78, 5) is 7.38. The molecule has 0 aromatic rings. The van der Waals surface area contributed by atoms with E-state index in [1.54, 1.807) is 0 Å². The van der Waals surface area contributed by atoms with Crippen molar-refractivity contribution in [2.45, 2.75) is 57.4 Å². The van der Waals surface area contributed by atoms with E-state index in [0.29, 0.717) is 0 Å². The molecule has 3 nitrogen and oxygen atoms in total. The van der Waals surface area contributed by atoms with E-state index in [-0.39, 0.29) is 0 Å². The first-order chi connectivity index (χ1) is 9.92. The monoisotopic (exact) mass is 280 g/mol. The Labute approximate surface area is 125 Å². The van der Waals surface area contributed by atoms with Gasteiger partial charge in [0.1, 0.15) is 0 Å². The normalized spacial score (nSPS) is 28.8. The van der Waals surface area contributed by atoms with Gasteiger partial charge in [0.25, 0.3) is 0 Å². The zero-order valence-electron chi connectivity index (χ0n) is 13.3. The highest BCUT2D eigenvalue weighted by atomic mass is 15.3. The molecular formula is C17H34N3+. The van der Waals surface area contributed by atoms with Crippen molar-refractivity contribution in [3.63, 3.8) is 0 Å². The first-order valence-corrected chi connectivity index (χ1v) is 9.22. The van der Waals surface area contributed by atoms with Crippen molar-refractivity contribution >= 4 is 0 Å². The fourth-order valence-corrected chi connectivity index (χ4v) is 4.40. The van der Waals surface area contributed by atoms with Crippen molar-refractivity contribution < 1.29 is 4.90 Å². The zero-order chi connectivity index (χ0) is 13.6. The number of quaternary nitrogens is 1. The Morgan fingerprint density at radius 1 is 0.750 bits per heavy atom. The highest BCUT2D eigenvalue weighted by molar-refractivity contribution is 4.78. The Morgan fingerprint density at radius 2 is 1.40 bits per heavy atom. The minimum atomic E-state index is 0.946. The van der Waals surface area contributed by atoms with Crippen molar-refractivity contribution in [2.75, 3.05) is 52.4 Å². The molecule has 0 unspecified atom stereocenters. The highest BCUT2D eigenvalue weighted by Crippen LogP contribution is 2.23. The molecule has 0 amide bonds. The summed E-state index contributed by atoms with van der Waals surface area (Å²) in [6, 6.07) is 0.946. The Bertz CT molecular complexity index is 259. The van der Waals surface area contributed by atoms with Crippen LogP contribution in [0.3, 0.4) is 0 Å². The lowest BCUT2D eigenvalue weighted by Crippen LogP contribution is -3.15. The lowest BCUT2D eigenvalue weighted by Gasteiger charge is -2.36. The van der Waals surface area contributed by atoms with Gasteiger partial charge < -0.3 is 4.90 Å². The molecule has 116 valence electrons. The van der Waals surface area contributed by atoms with Crippen LogP contribution in [0.2, 0.25) is 0 Å². The molecule has 0 aromatic heterocycles. The number of rotatable bonds is 4. The molecule has 0 radical (unpaired) electrons. The topological polar surface area (TPSA) is 10.9 Å². The van der Waals surface area contributed by atoms with E-state index < -0.39 is 0 Å². The third-order valence-electron chi connectivity index (χ3n) is 5.83. The van der Waals surface area contributed by atoms with Gasteiger partial charge in [0, 0.05) is 25.7 Å². The summed E-state index contributed by atoms with van der Waals surface area (Å²) in [5, 5.41) is 0. The predicted octanol–water partition coefficient (Wildman–Crippen LogP) is 1.01. The van der Waals surface area contributed by atoms with Crippen LogP contribution in [0.4, 0.5) is 0 Å². The highest BCUT2D eigenvalue weighted by Gasteiger charge is 2.27. The van der Waals surface area contributed by atoms with Crippen LogP contribution in [0.15, 0.2) is 0 Å². The van der Waals surface area contributed by atoms with E-state index in [4.69, 9.17) is 0 Å². The Hall–Kier alpha value is -0.120. The molecule has 0 bridgehead atoms. The van der Waals surface area contributed by atoms with Crippen molar-refractivity contribution in [3.8, 4) is 0 Å². The first kappa shape index (κ1) is 14.8. The summed E-state index contributed by atoms with van der Waals surface area (Å²) < 4.78 is 0. The average molecular weight is 280 g/mol. The number of hydrogen-bond acceptors (Lipinski definition) is 2. The van der Waals surface area contributed by atoms with Gasteiger partial charge in [-0.1, -0.05) is 25.7 Å². The fraction of sp³-hybridized carbons (Fsp3) is 1.00. The SMILES string of the molecule is C1CCCN(CC[NH+]2CCN(C3CCCC3)CC2)CC1. The van der Waals surface area contributed by atoms with Crippen LogP contribution < -0.4 is 4.90 Å². The number of piperazine rings is 1.